The van der Waals surface area contributed by atoms with E-state index >= 15 is 0 Å². The van der Waals surface area contributed by atoms with Crippen LogP contribution in [0.4, 0.5) is 10.1 Å². The number of aryl methyl sites for hydroxylation is 1. The third-order valence-electron chi connectivity index (χ3n) is 3.63. The number of nitrogens with one attached hydrogen (secondary N) is 2. The molecule has 7 heteroatoms. The molecule has 0 unspecified atom stereocenters. The first-order valence-electron chi connectivity index (χ1n) is 6.97. The first-order valence-corrected chi connectivity index (χ1v) is 6.97. The second-order valence-corrected chi connectivity index (χ2v) is 5.09. The average Bonchev–Trinajstić information content (AvgIpc) is 2.89. The van der Waals surface area contributed by atoms with Crippen LogP contribution in [0.15, 0.2) is 42.5 Å². The number of hydrogen-bond acceptors (Lipinski definition) is 4. The molecule has 0 radical (unpaired) electrons. The van der Waals surface area contributed by atoms with Crippen molar-refractivity contribution in [1.82, 2.24) is 15.0 Å². The number of carbonyl (C=O) groups excluding carboxylic acids is 1. The number of aromatic nitrogens is 2. The molecular formula is C16H15FN4O2. The fourth-order valence-corrected chi connectivity index (χ4v) is 2.36. The molecular weight excluding hydrogens is 299 g/mol. The van der Waals surface area contributed by atoms with Crippen LogP contribution in [0, 0.1) is 5.82 Å². The number of nitrogens with zero attached hydrogens (tertiary/aromatic N) is 2. The molecule has 0 aliphatic heterocycles. The van der Waals surface area contributed by atoms with E-state index in [1.54, 1.807) is 35.8 Å². The Kier molecular flexibility index (Phi) is 3.94. The Morgan fingerprint density at radius 1 is 1.26 bits per heavy atom. The molecule has 23 heavy (non-hydrogen) atoms. The molecule has 3 rings (SSSR count). The van der Waals surface area contributed by atoms with Crippen LogP contribution >= 0.6 is 0 Å². The molecule has 0 atom stereocenters. The van der Waals surface area contributed by atoms with Gasteiger partial charge in [0.05, 0.1) is 17.6 Å². The second-order valence-electron chi connectivity index (χ2n) is 5.09. The summed E-state index contributed by atoms with van der Waals surface area (Å²) in [5.74, 6) is -0.0950. The number of amides is 1. The average molecular weight is 314 g/mol. The van der Waals surface area contributed by atoms with Gasteiger partial charge in [0.15, 0.2) is 0 Å². The van der Waals surface area contributed by atoms with Gasteiger partial charge < -0.3 is 9.88 Å². The number of fused-ring (bicyclic) bond motifs is 1. The van der Waals surface area contributed by atoms with Gasteiger partial charge in [-0.05, 0) is 42.5 Å². The van der Waals surface area contributed by atoms with Crippen molar-refractivity contribution in [2.45, 2.75) is 6.54 Å². The Bertz CT molecular complexity index is 858. The number of anilines is 1. The maximum absolute atomic E-state index is 12.9. The zero-order valence-corrected chi connectivity index (χ0v) is 12.4. The minimum Gasteiger partial charge on any atom is -0.378 e. The van der Waals surface area contributed by atoms with Crippen LogP contribution in [0.3, 0.4) is 0 Å². The first kappa shape index (κ1) is 15.0. The van der Waals surface area contributed by atoms with Crippen molar-refractivity contribution in [2.24, 2.45) is 7.05 Å². The topological polar surface area (TPSA) is 79.2 Å². The van der Waals surface area contributed by atoms with Gasteiger partial charge in [0, 0.05) is 18.3 Å². The zero-order chi connectivity index (χ0) is 16.4. The van der Waals surface area contributed by atoms with E-state index in [0.717, 1.165) is 17.0 Å². The van der Waals surface area contributed by atoms with E-state index in [1.165, 1.54) is 12.1 Å². The molecule has 0 saturated carbocycles. The molecule has 0 bridgehead atoms. The van der Waals surface area contributed by atoms with E-state index in [2.05, 4.69) is 10.3 Å². The van der Waals surface area contributed by atoms with E-state index in [-0.39, 0.29) is 5.82 Å². The largest absolute Gasteiger partial charge is 0.378 e. The standard InChI is InChI=1S/C16H15FN4O2/c1-21-14-7-2-10(16(22)20-23)8-13(14)19-15(21)9-18-12-5-3-11(17)4-6-12/h2-8,18,23H,9H2,1H3,(H,20,22). The molecule has 118 valence electrons. The van der Waals surface area contributed by atoms with Crippen molar-refractivity contribution in [3.63, 3.8) is 0 Å². The van der Waals surface area contributed by atoms with Crippen LogP contribution in [0.25, 0.3) is 11.0 Å². The van der Waals surface area contributed by atoms with Gasteiger partial charge in [0.25, 0.3) is 5.91 Å². The number of imidazole rings is 1. The highest BCUT2D eigenvalue weighted by molar-refractivity contribution is 5.96. The Labute approximate surface area is 131 Å². The van der Waals surface area contributed by atoms with Crippen LogP contribution in [0.5, 0.6) is 0 Å². The number of rotatable bonds is 4. The molecule has 2 aromatic carbocycles. The first-order chi connectivity index (χ1) is 11.1. The van der Waals surface area contributed by atoms with Gasteiger partial charge in [-0.3, -0.25) is 10.0 Å². The van der Waals surface area contributed by atoms with Crippen LogP contribution in [-0.4, -0.2) is 20.7 Å². The number of hydroxylamine groups is 1. The lowest BCUT2D eigenvalue weighted by Gasteiger charge is -2.06. The summed E-state index contributed by atoms with van der Waals surface area (Å²) in [6.07, 6.45) is 0. The monoisotopic (exact) mass is 314 g/mol. The normalized spacial score (nSPS) is 10.7. The highest BCUT2D eigenvalue weighted by Gasteiger charge is 2.11. The van der Waals surface area contributed by atoms with Crippen molar-refractivity contribution < 1.29 is 14.4 Å². The molecule has 0 fully saturated rings. The molecule has 0 aliphatic carbocycles. The predicted molar refractivity (Wildman–Crippen MR) is 83.7 cm³/mol. The van der Waals surface area contributed by atoms with Crippen molar-refractivity contribution in [2.75, 3.05) is 5.32 Å². The molecule has 1 amide bonds. The fraction of sp³-hybridized carbons (Fsp3) is 0.125. The van der Waals surface area contributed by atoms with E-state index < -0.39 is 5.91 Å². The maximum atomic E-state index is 12.9. The van der Waals surface area contributed by atoms with Gasteiger partial charge in [-0.25, -0.2) is 14.9 Å². The minimum atomic E-state index is -0.580. The summed E-state index contributed by atoms with van der Waals surface area (Å²) >= 11 is 0. The van der Waals surface area contributed by atoms with E-state index in [9.17, 15) is 9.18 Å². The minimum absolute atomic E-state index is 0.284. The summed E-state index contributed by atoms with van der Waals surface area (Å²) in [5, 5.41) is 11.9. The predicted octanol–water partition coefficient (Wildman–Crippen LogP) is 2.44. The number of carbonyl (C=O) groups is 1. The van der Waals surface area contributed by atoms with Crippen LogP contribution in [0.2, 0.25) is 0 Å². The lowest BCUT2D eigenvalue weighted by molar-refractivity contribution is 0.0706. The quantitative estimate of drug-likeness (QED) is 0.510. The van der Waals surface area contributed by atoms with Crippen molar-refractivity contribution in [3.8, 4) is 0 Å². The molecule has 6 nitrogen and oxygen atoms in total. The van der Waals surface area contributed by atoms with Crippen molar-refractivity contribution in [3.05, 3.63) is 59.7 Å². The summed E-state index contributed by atoms with van der Waals surface area (Å²) in [7, 11) is 1.88. The molecule has 0 aliphatic rings. The van der Waals surface area contributed by atoms with E-state index in [4.69, 9.17) is 5.21 Å². The fourth-order valence-electron chi connectivity index (χ4n) is 2.36. The molecule has 1 aromatic heterocycles. The molecule has 3 N–H and O–H groups in total. The molecule has 3 aromatic rings. The summed E-state index contributed by atoms with van der Waals surface area (Å²) in [4.78, 5) is 15.9. The number of hydrogen-bond donors (Lipinski definition) is 3. The third-order valence-corrected chi connectivity index (χ3v) is 3.63. The Balaban J connectivity index is 1.84. The van der Waals surface area contributed by atoms with Crippen molar-refractivity contribution in [1.29, 1.82) is 0 Å². The third kappa shape index (κ3) is 3.00. The highest BCUT2D eigenvalue weighted by atomic mass is 19.1. The Hall–Kier alpha value is -2.93. The zero-order valence-electron chi connectivity index (χ0n) is 12.4. The molecule has 1 heterocycles. The SMILES string of the molecule is Cn1c(CNc2ccc(F)cc2)nc2cc(C(=O)NO)ccc21. The summed E-state index contributed by atoms with van der Waals surface area (Å²) in [6, 6.07) is 11.1. The van der Waals surface area contributed by atoms with Crippen molar-refractivity contribution >= 4 is 22.6 Å². The van der Waals surface area contributed by atoms with Gasteiger partial charge in [-0.15, -0.1) is 0 Å². The van der Waals surface area contributed by atoms with Gasteiger partial charge in [-0.2, -0.15) is 0 Å². The number of benzene rings is 2. The summed E-state index contributed by atoms with van der Waals surface area (Å²) in [6.45, 7) is 0.457. The Morgan fingerprint density at radius 3 is 2.70 bits per heavy atom. The summed E-state index contributed by atoms with van der Waals surface area (Å²) < 4.78 is 14.8. The lowest BCUT2D eigenvalue weighted by Crippen LogP contribution is -2.18. The van der Waals surface area contributed by atoms with E-state index in [0.29, 0.717) is 17.6 Å². The van der Waals surface area contributed by atoms with Crippen LogP contribution < -0.4 is 10.8 Å². The number of halogens is 1. The van der Waals surface area contributed by atoms with Crippen LogP contribution in [-0.2, 0) is 13.6 Å². The van der Waals surface area contributed by atoms with Crippen LogP contribution in [0.1, 0.15) is 16.2 Å². The molecule has 0 spiro atoms. The summed E-state index contributed by atoms with van der Waals surface area (Å²) in [5.41, 5.74) is 4.25. The second kappa shape index (κ2) is 6.05. The van der Waals surface area contributed by atoms with Gasteiger partial charge >= 0.3 is 0 Å². The Morgan fingerprint density at radius 2 is 2.00 bits per heavy atom. The molecule has 0 saturated heterocycles. The highest BCUT2D eigenvalue weighted by Crippen LogP contribution is 2.18. The smallest absolute Gasteiger partial charge is 0.274 e. The van der Waals surface area contributed by atoms with E-state index in [1.807, 2.05) is 11.6 Å². The van der Waals surface area contributed by atoms with Gasteiger partial charge in [0.2, 0.25) is 0 Å². The lowest BCUT2D eigenvalue weighted by atomic mass is 10.2. The van der Waals surface area contributed by atoms with Gasteiger partial charge in [0.1, 0.15) is 11.6 Å². The van der Waals surface area contributed by atoms with Gasteiger partial charge in [-0.1, -0.05) is 0 Å². The maximum Gasteiger partial charge on any atom is 0.274 e.